The van der Waals surface area contributed by atoms with Gasteiger partial charge in [0, 0.05) is 12.6 Å². The first-order valence-electron chi connectivity index (χ1n) is 7.98. The highest BCUT2D eigenvalue weighted by molar-refractivity contribution is 7.99. The lowest BCUT2D eigenvalue weighted by atomic mass is 10.2. The standard InChI is InChI=1S/C17H22N4O3S/c1-12(2)21-11-18-19-17(21)25-10-15(22)20(13(3)16(23)24)9-14-7-5-4-6-8-14/h4-8,11-13H,9-10H2,1-3H3,(H,23,24). The number of aromatic nitrogens is 3. The molecule has 1 atom stereocenters. The summed E-state index contributed by atoms with van der Waals surface area (Å²) in [5, 5.41) is 17.9. The van der Waals surface area contributed by atoms with Crippen molar-refractivity contribution in [3.63, 3.8) is 0 Å². The molecule has 1 heterocycles. The highest BCUT2D eigenvalue weighted by Crippen LogP contribution is 2.20. The third kappa shape index (κ3) is 5.06. The molecule has 2 aromatic rings. The van der Waals surface area contributed by atoms with Gasteiger partial charge in [-0.3, -0.25) is 4.79 Å². The van der Waals surface area contributed by atoms with E-state index < -0.39 is 12.0 Å². The molecule has 8 heteroatoms. The van der Waals surface area contributed by atoms with Crippen LogP contribution in [0.4, 0.5) is 0 Å². The van der Waals surface area contributed by atoms with Crippen molar-refractivity contribution >= 4 is 23.6 Å². The zero-order valence-electron chi connectivity index (χ0n) is 14.5. The molecule has 0 saturated heterocycles. The average Bonchev–Trinajstić information content (AvgIpc) is 3.06. The largest absolute Gasteiger partial charge is 0.480 e. The molecule has 0 fully saturated rings. The van der Waals surface area contributed by atoms with Gasteiger partial charge in [-0.25, -0.2) is 4.79 Å². The van der Waals surface area contributed by atoms with Crippen LogP contribution in [0.3, 0.4) is 0 Å². The minimum atomic E-state index is -1.03. The Bertz CT molecular complexity index is 718. The van der Waals surface area contributed by atoms with Gasteiger partial charge in [-0.1, -0.05) is 42.1 Å². The molecule has 2 rings (SSSR count). The Hall–Kier alpha value is -2.35. The van der Waals surface area contributed by atoms with Crippen LogP contribution in [0.5, 0.6) is 0 Å². The highest BCUT2D eigenvalue weighted by Gasteiger charge is 2.26. The number of carbonyl (C=O) groups excluding carboxylic acids is 1. The summed E-state index contributed by atoms with van der Waals surface area (Å²) in [6, 6.07) is 8.63. The number of aliphatic carboxylic acids is 1. The van der Waals surface area contributed by atoms with Crippen LogP contribution in [0.1, 0.15) is 32.4 Å². The SMILES string of the molecule is CC(C(=O)O)N(Cc1ccccc1)C(=O)CSc1nncn1C(C)C. The van der Waals surface area contributed by atoms with Crippen molar-refractivity contribution in [2.24, 2.45) is 0 Å². The molecule has 0 aliphatic heterocycles. The summed E-state index contributed by atoms with van der Waals surface area (Å²) < 4.78 is 1.88. The molecule has 25 heavy (non-hydrogen) atoms. The van der Waals surface area contributed by atoms with E-state index >= 15 is 0 Å². The maximum Gasteiger partial charge on any atom is 0.326 e. The zero-order valence-corrected chi connectivity index (χ0v) is 15.3. The van der Waals surface area contributed by atoms with E-state index in [1.807, 2.05) is 48.7 Å². The molecule has 7 nitrogen and oxygen atoms in total. The van der Waals surface area contributed by atoms with Crippen molar-refractivity contribution in [3.05, 3.63) is 42.2 Å². The number of rotatable bonds is 8. The number of hydrogen-bond donors (Lipinski definition) is 1. The second-order valence-corrected chi connectivity index (χ2v) is 6.87. The fraction of sp³-hybridized carbons (Fsp3) is 0.412. The van der Waals surface area contributed by atoms with Gasteiger partial charge in [-0.05, 0) is 26.3 Å². The van der Waals surface area contributed by atoms with E-state index in [0.717, 1.165) is 5.56 Å². The Morgan fingerprint density at radius 1 is 1.24 bits per heavy atom. The quantitative estimate of drug-likeness (QED) is 0.726. The van der Waals surface area contributed by atoms with E-state index in [2.05, 4.69) is 10.2 Å². The Balaban J connectivity index is 2.09. The number of carboxylic acids is 1. The smallest absolute Gasteiger partial charge is 0.326 e. The van der Waals surface area contributed by atoms with Crippen LogP contribution < -0.4 is 0 Å². The van der Waals surface area contributed by atoms with Gasteiger partial charge in [0.2, 0.25) is 5.91 Å². The van der Waals surface area contributed by atoms with Gasteiger partial charge in [0.25, 0.3) is 0 Å². The fourth-order valence-corrected chi connectivity index (χ4v) is 3.18. The normalized spacial score (nSPS) is 12.2. The molecule has 1 unspecified atom stereocenters. The molecule has 134 valence electrons. The van der Waals surface area contributed by atoms with E-state index in [9.17, 15) is 14.7 Å². The van der Waals surface area contributed by atoms with Crippen molar-refractivity contribution in [2.75, 3.05) is 5.75 Å². The number of nitrogens with zero attached hydrogens (tertiary/aromatic N) is 4. The van der Waals surface area contributed by atoms with Gasteiger partial charge in [0.15, 0.2) is 5.16 Å². The maximum absolute atomic E-state index is 12.7. The summed E-state index contributed by atoms with van der Waals surface area (Å²) >= 11 is 1.26. The van der Waals surface area contributed by atoms with Gasteiger partial charge in [0.1, 0.15) is 12.4 Å². The molecular weight excluding hydrogens is 340 g/mol. The van der Waals surface area contributed by atoms with Crippen LogP contribution >= 0.6 is 11.8 Å². The summed E-state index contributed by atoms with van der Waals surface area (Å²) in [4.78, 5) is 25.4. The molecular formula is C17H22N4O3S. The molecule has 1 aromatic carbocycles. The van der Waals surface area contributed by atoms with Crippen LogP contribution in [-0.4, -0.2) is 48.4 Å². The predicted molar refractivity (Wildman–Crippen MR) is 95.2 cm³/mol. The van der Waals surface area contributed by atoms with Crippen molar-refractivity contribution < 1.29 is 14.7 Å². The van der Waals surface area contributed by atoms with Crippen molar-refractivity contribution in [1.29, 1.82) is 0 Å². The predicted octanol–water partition coefficient (Wildman–Crippen LogP) is 2.45. The Labute approximate surface area is 151 Å². The monoisotopic (exact) mass is 362 g/mol. The maximum atomic E-state index is 12.7. The minimum absolute atomic E-state index is 0.107. The molecule has 0 bridgehead atoms. The first-order chi connectivity index (χ1) is 11.9. The minimum Gasteiger partial charge on any atom is -0.480 e. The lowest BCUT2D eigenvalue weighted by molar-refractivity contribution is -0.148. The van der Waals surface area contributed by atoms with Crippen LogP contribution in [0.25, 0.3) is 0 Å². The molecule has 0 aliphatic carbocycles. The molecule has 1 amide bonds. The van der Waals surface area contributed by atoms with Gasteiger partial charge >= 0.3 is 5.97 Å². The third-order valence-electron chi connectivity index (χ3n) is 3.76. The Kier molecular flexibility index (Phi) is 6.58. The Morgan fingerprint density at radius 3 is 2.52 bits per heavy atom. The second-order valence-electron chi connectivity index (χ2n) is 5.92. The van der Waals surface area contributed by atoms with Crippen molar-refractivity contribution in [1.82, 2.24) is 19.7 Å². The molecule has 1 N–H and O–H groups in total. The van der Waals surface area contributed by atoms with Crippen LogP contribution in [0.15, 0.2) is 41.8 Å². The van der Waals surface area contributed by atoms with Gasteiger partial charge in [0.05, 0.1) is 5.75 Å². The van der Waals surface area contributed by atoms with E-state index in [1.165, 1.54) is 23.6 Å². The topological polar surface area (TPSA) is 88.3 Å². The van der Waals surface area contributed by atoms with Gasteiger partial charge in [-0.2, -0.15) is 0 Å². The molecule has 0 aliphatic rings. The fourth-order valence-electron chi connectivity index (χ4n) is 2.25. The summed E-state index contributed by atoms with van der Waals surface area (Å²) in [5.41, 5.74) is 0.888. The number of amides is 1. The molecule has 0 radical (unpaired) electrons. The Morgan fingerprint density at radius 2 is 1.92 bits per heavy atom. The van der Waals surface area contributed by atoms with Crippen LogP contribution in [-0.2, 0) is 16.1 Å². The summed E-state index contributed by atoms with van der Waals surface area (Å²) in [6.45, 7) is 5.78. The summed E-state index contributed by atoms with van der Waals surface area (Å²) in [6.07, 6.45) is 1.62. The van der Waals surface area contributed by atoms with E-state index in [4.69, 9.17) is 0 Å². The average molecular weight is 362 g/mol. The number of benzene rings is 1. The van der Waals surface area contributed by atoms with Crippen LogP contribution in [0, 0.1) is 0 Å². The first-order valence-corrected chi connectivity index (χ1v) is 8.97. The van der Waals surface area contributed by atoms with Crippen LogP contribution in [0.2, 0.25) is 0 Å². The van der Waals surface area contributed by atoms with E-state index in [-0.39, 0.29) is 24.2 Å². The molecule has 0 saturated carbocycles. The van der Waals surface area contributed by atoms with E-state index in [1.54, 1.807) is 6.33 Å². The summed E-state index contributed by atoms with van der Waals surface area (Å²) in [5.74, 6) is -1.17. The summed E-state index contributed by atoms with van der Waals surface area (Å²) in [7, 11) is 0. The number of thioether (sulfide) groups is 1. The lowest BCUT2D eigenvalue weighted by Gasteiger charge is -2.26. The van der Waals surface area contributed by atoms with Gasteiger partial charge in [-0.15, -0.1) is 10.2 Å². The second kappa shape index (κ2) is 8.66. The first kappa shape index (κ1) is 19.0. The highest BCUT2D eigenvalue weighted by atomic mass is 32.2. The molecule has 0 spiro atoms. The zero-order chi connectivity index (χ0) is 18.4. The molecule has 1 aromatic heterocycles. The van der Waals surface area contributed by atoms with Crippen molar-refractivity contribution in [2.45, 2.75) is 44.6 Å². The van der Waals surface area contributed by atoms with Gasteiger partial charge < -0.3 is 14.6 Å². The number of carboxylic acid groups (broad SMARTS) is 1. The van der Waals surface area contributed by atoms with Crippen molar-refractivity contribution in [3.8, 4) is 0 Å². The number of hydrogen-bond acceptors (Lipinski definition) is 5. The number of carbonyl (C=O) groups is 2. The third-order valence-corrected chi connectivity index (χ3v) is 4.70. The lowest BCUT2D eigenvalue weighted by Crippen LogP contribution is -2.43. The van der Waals surface area contributed by atoms with E-state index in [0.29, 0.717) is 5.16 Å².